The van der Waals surface area contributed by atoms with Gasteiger partial charge in [-0.15, -0.1) is 0 Å². The van der Waals surface area contributed by atoms with E-state index in [0.717, 1.165) is 31.8 Å². The van der Waals surface area contributed by atoms with Crippen molar-refractivity contribution < 1.29 is 5.11 Å². The van der Waals surface area contributed by atoms with Crippen LogP contribution in [0.3, 0.4) is 0 Å². The Balaban J connectivity index is 1.61. The molecular formula is C15H25N3O. The number of aliphatic hydroxyl groups excluding tert-OH is 1. The van der Waals surface area contributed by atoms with Gasteiger partial charge in [0, 0.05) is 25.3 Å². The lowest BCUT2D eigenvalue weighted by Crippen LogP contribution is -2.43. The summed E-state index contributed by atoms with van der Waals surface area (Å²) in [5.41, 5.74) is 1.28. The Morgan fingerprint density at radius 3 is 2.84 bits per heavy atom. The molecule has 19 heavy (non-hydrogen) atoms. The van der Waals surface area contributed by atoms with E-state index in [2.05, 4.69) is 27.8 Å². The summed E-state index contributed by atoms with van der Waals surface area (Å²) in [6, 6.07) is 2.44. The van der Waals surface area contributed by atoms with Gasteiger partial charge in [0.2, 0.25) is 0 Å². The van der Waals surface area contributed by atoms with E-state index < -0.39 is 0 Å². The van der Waals surface area contributed by atoms with Crippen molar-refractivity contribution in [2.24, 2.45) is 5.92 Å². The third kappa shape index (κ3) is 3.18. The number of aliphatic hydroxyl groups is 1. The first kappa shape index (κ1) is 13.1. The summed E-state index contributed by atoms with van der Waals surface area (Å²) in [6.07, 6.45) is 8.96. The van der Waals surface area contributed by atoms with Crippen molar-refractivity contribution >= 4 is 0 Å². The van der Waals surface area contributed by atoms with Gasteiger partial charge in [-0.25, -0.2) is 0 Å². The average molecular weight is 263 g/mol. The van der Waals surface area contributed by atoms with Gasteiger partial charge >= 0.3 is 0 Å². The maximum atomic E-state index is 10.1. The van der Waals surface area contributed by atoms with Crippen molar-refractivity contribution in [2.45, 2.75) is 63.8 Å². The number of hydrogen-bond acceptors (Lipinski definition) is 3. The molecule has 1 heterocycles. The highest BCUT2D eigenvalue weighted by Gasteiger charge is 2.28. The fourth-order valence-electron chi connectivity index (χ4n) is 3.18. The molecule has 1 N–H and O–H groups in total. The third-order valence-corrected chi connectivity index (χ3v) is 4.60. The molecule has 2 atom stereocenters. The van der Waals surface area contributed by atoms with Gasteiger partial charge in [0.25, 0.3) is 0 Å². The molecular weight excluding hydrogens is 238 g/mol. The number of nitrogens with zero attached hydrogens (tertiary/aromatic N) is 3. The molecule has 1 aromatic heterocycles. The lowest BCUT2D eigenvalue weighted by atomic mass is 9.91. The molecule has 0 unspecified atom stereocenters. The minimum Gasteiger partial charge on any atom is -0.391 e. The van der Waals surface area contributed by atoms with Gasteiger partial charge in [0.15, 0.2) is 0 Å². The van der Waals surface area contributed by atoms with Crippen molar-refractivity contribution in [3.05, 3.63) is 18.0 Å². The fraction of sp³-hybridized carbons (Fsp3) is 0.800. The monoisotopic (exact) mass is 263 g/mol. The zero-order valence-electron chi connectivity index (χ0n) is 11.8. The molecule has 4 nitrogen and oxygen atoms in total. The van der Waals surface area contributed by atoms with E-state index >= 15 is 0 Å². The van der Waals surface area contributed by atoms with Crippen molar-refractivity contribution in [1.29, 1.82) is 0 Å². The summed E-state index contributed by atoms with van der Waals surface area (Å²) < 4.78 is 2.16. The zero-order valence-corrected chi connectivity index (χ0v) is 11.8. The highest BCUT2D eigenvalue weighted by molar-refractivity contribution is 5.02. The molecule has 0 radical (unpaired) electrons. The maximum absolute atomic E-state index is 10.1. The number of hydrogen-bond donors (Lipinski definition) is 1. The van der Waals surface area contributed by atoms with Crippen LogP contribution < -0.4 is 0 Å². The second-order valence-corrected chi connectivity index (χ2v) is 6.28. The molecule has 2 aliphatic carbocycles. The molecule has 2 aliphatic rings. The van der Waals surface area contributed by atoms with E-state index in [9.17, 15) is 5.11 Å². The summed E-state index contributed by atoms with van der Waals surface area (Å²) in [7, 11) is 2.13. The van der Waals surface area contributed by atoms with Crippen LogP contribution in [0, 0.1) is 5.92 Å². The normalized spacial score (nSPS) is 27.9. The van der Waals surface area contributed by atoms with Gasteiger partial charge in [-0.05, 0) is 44.7 Å². The lowest BCUT2D eigenvalue weighted by Gasteiger charge is -2.35. The quantitative estimate of drug-likeness (QED) is 0.883. The molecule has 3 rings (SSSR count). The maximum Gasteiger partial charge on any atom is 0.0695 e. The Hall–Kier alpha value is -0.870. The van der Waals surface area contributed by atoms with Crippen molar-refractivity contribution in [3.8, 4) is 0 Å². The highest BCUT2D eigenvalue weighted by Crippen LogP contribution is 2.31. The second-order valence-electron chi connectivity index (χ2n) is 6.28. The largest absolute Gasteiger partial charge is 0.391 e. The highest BCUT2D eigenvalue weighted by atomic mass is 16.3. The smallest absolute Gasteiger partial charge is 0.0695 e. The van der Waals surface area contributed by atoms with Crippen LogP contribution in [0.2, 0.25) is 0 Å². The zero-order chi connectivity index (χ0) is 13.2. The third-order valence-electron chi connectivity index (χ3n) is 4.60. The van der Waals surface area contributed by atoms with E-state index in [1.165, 1.54) is 31.4 Å². The minimum atomic E-state index is -0.154. The summed E-state index contributed by atoms with van der Waals surface area (Å²) in [5.74, 6) is 0.851. The van der Waals surface area contributed by atoms with E-state index in [1.54, 1.807) is 0 Å². The van der Waals surface area contributed by atoms with E-state index in [4.69, 9.17) is 0 Å². The predicted molar refractivity (Wildman–Crippen MR) is 74.7 cm³/mol. The van der Waals surface area contributed by atoms with Gasteiger partial charge < -0.3 is 5.11 Å². The molecule has 106 valence electrons. The van der Waals surface area contributed by atoms with Crippen molar-refractivity contribution in [1.82, 2.24) is 14.7 Å². The van der Waals surface area contributed by atoms with Crippen LogP contribution in [0.1, 0.15) is 44.2 Å². The van der Waals surface area contributed by atoms with Crippen LogP contribution in [-0.4, -0.2) is 39.0 Å². The Kier molecular flexibility index (Phi) is 3.89. The summed E-state index contributed by atoms with van der Waals surface area (Å²) >= 11 is 0. The second kappa shape index (κ2) is 5.63. The van der Waals surface area contributed by atoms with Gasteiger partial charge in [-0.1, -0.05) is 12.8 Å². The first-order valence-corrected chi connectivity index (χ1v) is 7.63. The van der Waals surface area contributed by atoms with E-state index in [-0.39, 0.29) is 6.10 Å². The fourth-order valence-corrected chi connectivity index (χ4v) is 3.18. The Morgan fingerprint density at radius 2 is 2.11 bits per heavy atom. The summed E-state index contributed by atoms with van der Waals surface area (Å²) in [4.78, 5) is 2.31. The molecule has 0 aliphatic heterocycles. The minimum absolute atomic E-state index is 0.154. The molecule has 1 aromatic rings. The molecule has 0 bridgehead atoms. The van der Waals surface area contributed by atoms with Crippen LogP contribution in [0.25, 0.3) is 0 Å². The Labute approximate surface area is 115 Å². The van der Waals surface area contributed by atoms with E-state index in [1.807, 2.05) is 6.20 Å². The van der Waals surface area contributed by atoms with Crippen LogP contribution in [0.5, 0.6) is 0 Å². The SMILES string of the molecule is CN(Cc1ccnn1CC1CC1)[C@@H]1CCCC[C@H]1O. The molecule has 0 amide bonds. The molecule has 0 spiro atoms. The van der Waals surface area contributed by atoms with Crippen LogP contribution in [-0.2, 0) is 13.1 Å². The van der Waals surface area contributed by atoms with Gasteiger partial charge in [-0.3, -0.25) is 9.58 Å². The van der Waals surface area contributed by atoms with Crippen molar-refractivity contribution in [3.63, 3.8) is 0 Å². The molecule has 4 heteroatoms. The standard InChI is InChI=1S/C15H25N3O/c1-17(14-4-2-3-5-15(14)19)11-13-8-9-16-18(13)10-12-6-7-12/h8-9,12,14-15,19H,2-7,10-11H2,1H3/t14-,15-/m1/s1. The number of aromatic nitrogens is 2. The van der Waals surface area contributed by atoms with Gasteiger partial charge in [-0.2, -0.15) is 5.10 Å². The van der Waals surface area contributed by atoms with Crippen LogP contribution in [0.15, 0.2) is 12.3 Å². The molecule has 2 fully saturated rings. The van der Waals surface area contributed by atoms with Crippen LogP contribution >= 0.6 is 0 Å². The van der Waals surface area contributed by atoms with Crippen LogP contribution in [0.4, 0.5) is 0 Å². The Morgan fingerprint density at radius 1 is 1.32 bits per heavy atom. The molecule has 2 saturated carbocycles. The predicted octanol–water partition coefficient (Wildman–Crippen LogP) is 2.03. The summed E-state index contributed by atoms with van der Waals surface area (Å²) in [5, 5.41) is 14.6. The van der Waals surface area contributed by atoms with Gasteiger partial charge in [0.05, 0.1) is 11.8 Å². The van der Waals surface area contributed by atoms with Gasteiger partial charge in [0.1, 0.15) is 0 Å². The number of rotatable bonds is 5. The molecule has 0 saturated heterocycles. The first-order valence-electron chi connectivity index (χ1n) is 7.63. The van der Waals surface area contributed by atoms with Crippen molar-refractivity contribution in [2.75, 3.05) is 7.05 Å². The van der Waals surface area contributed by atoms with E-state index in [0.29, 0.717) is 6.04 Å². The summed E-state index contributed by atoms with van der Waals surface area (Å²) in [6.45, 7) is 1.97. The number of likely N-dealkylation sites (N-methyl/N-ethyl adjacent to an activating group) is 1. The first-order chi connectivity index (χ1) is 9.24. The lowest BCUT2D eigenvalue weighted by molar-refractivity contribution is 0.0277. The topological polar surface area (TPSA) is 41.3 Å². The Bertz CT molecular complexity index is 413. The average Bonchev–Trinajstić information content (AvgIpc) is 3.11. The molecule has 0 aromatic carbocycles.